The summed E-state index contributed by atoms with van der Waals surface area (Å²) in [6.07, 6.45) is 0.836. The first-order valence-corrected chi connectivity index (χ1v) is 7.53. The van der Waals surface area contributed by atoms with Crippen LogP contribution >= 0.6 is 0 Å². The molecule has 0 atom stereocenters. The molecule has 0 aliphatic rings. The zero-order valence-electron chi connectivity index (χ0n) is 12.9. The number of nitrogens with two attached hydrogens (primary N) is 1. The Morgan fingerprint density at radius 3 is 2.64 bits per heavy atom. The Hall–Kier alpha value is -2.36. The van der Waals surface area contributed by atoms with Crippen molar-refractivity contribution in [2.45, 2.75) is 26.8 Å². The Labute approximate surface area is 129 Å². The fourth-order valence-corrected chi connectivity index (χ4v) is 2.71. The van der Waals surface area contributed by atoms with Gasteiger partial charge in [-0.15, -0.1) is 0 Å². The van der Waals surface area contributed by atoms with Crippen LogP contribution in [0.3, 0.4) is 0 Å². The average molecular weight is 297 g/mol. The van der Waals surface area contributed by atoms with Crippen molar-refractivity contribution in [1.82, 2.24) is 9.55 Å². The number of nitrogen functional groups attached to an aromatic ring is 1. The van der Waals surface area contributed by atoms with Crippen LogP contribution in [-0.2, 0) is 13.0 Å². The zero-order chi connectivity index (χ0) is 15.7. The van der Waals surface area contributed by atoms with Crippen LogP contribution in [0, 0.1) is 11.7 Å². The van der Waals surface area contributed by atoms with Crippen molar-refractivity contribution in [1.29, 1.82) is 0 Å². The van der Waals surface area contributed by atoms with Gasteiger partial charge in [0.2, 0.25) is 0 Å². The van der Waals surface area contributed by atoms with Crippen molar-refractivity contribution in [3.05, 3.63) is 59.7 Å². The highest BCUT2D eigenvalue weighted by molar-refractivity contribution is 5.87. The zero-order valence-corrected chi connectivity index (χ0v) is 12.9. The number of aromatic nitrogens is 2. The van der Waals surface area contributed by atoms with Gasteiger partial charge in [-0.05, 0) is 24.1 Å². The van der Waals surface area contributed by atoms with E-state index < -0.39 is 0 Å². The van der Waals surface area contributed by atoms with Gasteiger partial charge in [-0.1, -0.05) is 38.1 Å². The van der Waals surface area contributed by atoms with E-state index in [1.807, 2.05) is 30.3 Å². The monoisotopic (exact) mass is 297 g/mol. The van der Waals surface area contributed by atoms with Crippen LogP contribution in [0.4, 0.5) is 10.1 Å². The standard InChI is InChI=1S/C18H20FN3/c1-12(2)10-17-21-18-15(20)8-5-9-16(18)22(17)11-13-6-3-4-7-14(13)19/h3-9,12H,10-11,20H2,1-2H3. The summed E-state index contributed by atoms with van der Waals surface area (Å²) in [6, 6.07) is 12.6. The first kappa shape index (κ1) is 14.6. The second-order valence-corrected chi connectivity index (χ2v) is 6.02. The van der Waals surface area contributed by atoms with Gasteiger partial charge in [0.1, 0.15) is 17.2 Å². The van der Waals surface area contributed by atoms with Gasteiger partial charge >= 0.3 is 0 Å². The van der Waals surface area contributed by atoms with Crippen LogP contribution in [0.1, 0.15) is 25.2 Å². The Kier molecular flexibility index (Phi) is 3.84. The third-order valence-electron chi connectivity index (χ3n) is 3.77. The van der Waals surface area contributed by atoms with E-state index in [0.29, 0.717) is 23.7 Å². The summed E-state index contributed by atoms with van der Waals surface area (Å²) in [4.78, 5) is 4.69. The Bertz CT molecular complexity index is 805. The summed E-state index contributed by atoms with van der Waals surface area (Å²) >= 11 is 0. The lowest BCUT2D eigenvalue weighted by Gasteiger charge is -2.11. The largest absolute Gasteiger partial charge is 0.397 e. The fourth-order valence-electron chi connectivity index (χ4n) is 2.71. The predicted octanol–water partition coefficient (Wildman–Crippen LogP) is 4.00. The molecule has 0 amide bonds. The van der Waals surface area contributed by atoms with E-state index in [1.54, 1.807) is 6.07 Å². The normalized spacial score (nSPS) is 11.5. The van der Waals surface area contributed by atoms with Crippen LogP contribution in [0.15, 0.2) is 42.5 Å². The summed E-state index contributed by atoms with van der Waals surface area (Å²) in [6.45, 7) is 4.76. The molecule has 1 heterocycles. The van der Waals surface area contributed by atoms with E-state index >= 15 is 0 Å². The highest BCUT2D eigenvalue weighted by Crippen LogP contribution is 2.24. The Morgan fingerprint density at radius 2 is 1.91 bits per heavy atom. The molecule has 2 aromatic carbocycles. The average Bonchev–Trinajstić information content (AvgIpc) is 2.80. The number of hydrogen-bond donors (Lipinski definition) is 1. The molecule has 4 heteroatoms. The SMILES string of the molecule is CC(C)Cc1nc2c(N)cccc2n1Cc1ccccc1F. The number of benzene rings is 2. The molecular formula is C18H20FN3. The summed E-state index contributed by atoms with van der Waals surface area (Å²) in [5.41, 5.74) is 9.12. The Morgan fingerprint density at radius 1 is 1.14 bits per heavy atom. The van der Waals surface area contributed by atoms with Crippen molar-refractivity contribution >= 4 is 16.7 Å². The van der Waals surface area contributed by atoms with E-state index in [9.17, 15) is 4.39 Å². The molecule has 2 N–H and O–H groups in total. The number of imidazole rings is 1. The highest BCUT2D eigenvalue weighted by Gasteiger charge is 2.15. The van der Waals surface area contributed by atoms with Gasteiger partial charge in [-0.2, -0.15) is 0 Å². The molecule has 0 saturated heterocycles. The molecule has 3 aromatic rings. The topological polar surface area (TPSA) is 43.8 Å². The molecule has 3 rings (SSSR count). The third kappa shape index (κ3) is 2.69. The highest BCUT2D eigenvalue weighted by atomic mass is 19.1. The molecule has 0 aliphatic heterocycles. The minimum atomic E-state index is -0.191. The lowest BCUT2D eigenvalue weighted by molar-refractivity contribution is 0.575. The van der Waals surface area contributed by atoms with E-state index in [-0.39, 0.29) is 5.82 Å². The van der Waals surface area contributed by atoms with E-state index in [0.717, 1.165) is 23.3 Å². The number of fused-ring (bicyclic) bond motifs is 1. The number of nitrogens with zero attached hydrogens (tertiary/aromatic N) is 2. The first-order chi connectivity index (χ1) is 10.6. The molecule has 0 saturated carbocycles. The molecule has 0 aliphatic carbocycles. The lowest BCUT2D eigenvalue weighted by atomic mass is 10.1. The lowest BCUT2D eigenvalue weighted by Crippen LogP contribution is -2.09. The molecular weight excluding hydrogens is 277 g/mol. The number of anilines is 1. The fraction of sp³-hybridized carbons (Fsp3) is 0.278. The minimum absolute atomic E-state index is 0.191. The van der Waals surface area contributed by atoms with Gasteiger partial charge in [0.05, 0.1) is 17.7 Å². The van der Waals surface area contributed by atoms with Crippen molar-refractivity contribution < 1.29 is 4.39 Å². The van der Waals surface area contributed by atoms with Crippen molar-refractivity contribution in [3.63, 3.8) is 0 Å². The van der Waals surface area contributed by atoms with Gasteiger partial charge < -0.3 is 10.3 Å². The molecule has 0 unspecified atom stereocenters. The minimum Gasteiger partial charge on any atom is -0.397 e. The summed E-state index contributed by atoms with van der Waals surface area (Å²) in [7, 11) is 0. The van der Waals surface area contributed by atoms with Crippen molar-refractivity contribution in [2.24, 2.45) is 5.92 Å². The molecule has 1 aromatic heterocycles. The molecule has 3 nitrogen and oxygen atoms in total. The van der Waals surface area contributed by atoms with Crippen LogP contribution in [0.25, 0.3) is 11.0 Å². The molecule has 114 valence electrons. The van der Waals surface area contributed by atoms with Gasteiger partial charge in [-0.3, -0.25) is 0 Å². The summed E-state index contributed by atoms with van der Waals surface area (Å²) in [5.74, 6) is 1.23. The van der Waals surface area contributed by atoms with Crippen LogP contribution < -0.4 is 5.73 Å². The summed E-state index contributed by atoms with van der Waals surface area (Å²) in [5, 5.41) is 0. The second kappa shape index (κ2) is 5.79. The van der Waals surface area contributed by atoms with Gasteiger partial charge in [0, 0.05) is 12.0 Å². The number of hydrogen-bond acceptors (Lipinski definition) is 2. The molecule has 0 fully saturated rings. The van der Waals surface area contributed by atoms with Gasteiger partial charge in [0.15, 0.2) is 0 Å². The molecule has 0 bridgehead atoms. The smallest absolute Gasteiger partial charge is 0.128 e. The number of halogens is 1. The summed E-state index contributed by atoms with van der Waals surface area (Å²) < 4.78 is 16.1. The number of rotatable bonds is 4. The van der Waals surface area contributed by atoms with Gasteiger partial charge in [0.25, 0.3) is 0 Å². The van der Waals surface area contributed by atoms with E-state index in [2.05, 4.69) is 18.4 Å². The van der Waals surface area contributed by atoms with Crippen LogP contribution in [0.5, 0.6) is 0 Å². The maximum absolute atomic E-state index is 14.0. The molecule has 0 spiro atoms. The predicted molar refractivity (Wildman–Crippen MR) is 88.2 cm³/mol. The molecule has 22 heavy (non-hydrogen) atoms. The number of para-hydroxylation sites is 1. The Balaban J connectivity index is 2.13. The third-order valence-corrected chi connectivity index (χ3v) is 3.77. The molecule has 0 radical (unpaired) electrons. The maximum atomic E-state index is 14.0. The quantitative estimate of drug-likeness (QED) is 0.740. The van der Waals surface area contributed by atoms with E-state index in [1.165, 1.54) is 6.07 Å². The maximum Gasteiger partial charge on any atom is 0.128 e. The van der Waals surface area contributed by atoms with E-state index in [4.69, 9.17) is 10.7 Å². The van der Waals surface area contributed by atoms with Crippen molar-refractivity contribution in [2.75, 3.05) is 5.73 Å². The van der Waals surface area contributed by atoms with Crippen LogP contribution in [-0.4, -0.2) is 9.55 Å². The van der Waals surface area contributed by atoms with Crippen LogP contribution in [0.2, 0.25) is 0 Å². The second-order valence-electron chi connectivity index (χ2n) is 6.02. The van der Waals surface area contributed by atoms with Crippen molar-refractivity contribution in [3.8, 4) is 0 Å². The first-order valence-electron chi connectivity index (χ1n) is 7.53. The van der Waals surface area contributed by atoms with Gasteiger partial charge in [-0.25, -0.2) is 9.37 Å².